The van der Waals surface area contributed by atoms with Crippen LogP contribution in [0.2, 0.25) is 0 Å². The van der Waals surface area contributed by atoms with Gasteiger partial charge in [0, 0.05) is 31.4 Å². The van der Waals surface area contributed by atoms with Gasteiger partial charge in [-0.25, -0.2) is 9.97 Å². The summed E-state index contributed by atoms with van der Waals surface area (Å²) in [6.45, 7) is 6.50. The molecule has 4 aromatic rings. The summed E-state index contributed by atoms with van der Waals surface area (Å²) in [5.41, 5.74) is 3.13. The number of carbonyl (C=O) groups excluding carboxylic acids is 1. The van der Waals surface area contributed by atoms with Crippen LogP contribution in [0.25, 0.3) is 16.9 Å². The molecule has 0 atom stereocenters. The van der Waals surface area contributed by atoms with Crippen LogP contribution in [0.3, 0.4) is 0 Å². The number of ketones is 1. The maximum Gasteiger partial charge on any atom is 0.163 e. The van der Waals surface area contributed by atoms with Crippen molar-refractivity contribution in [3.05, 3.63) is 72.6 Å². The van der Waals surface area contributed by atoms with Crippen LogP contribution in [-0.4, -0.2) is 64.7 Å². The Bertz CT molecular complexity index is 1280. The molecule has 1 N–H and O–H groups in total. The van der Waals surface area contributed by atoms with Gasteiger partial charge in [-0.15, -0.1) is 0 Å². The Kier molecular flexibility index (Phi) is 6.51. The maximum absolute atomic E-state index is 12.2. The largest absolute Gasteiger partial charge is 0.492 e. The standard InChI is InChI=1S/C26H27N5O3/c1-19(32)22-8-10-25(29-26(22)28-20-5-3-2-4-6-20)31-18-27-23-17-21(7-9-24(23)31)34-16-13-30-11-14-33-15-12-30/h2-10,17-18H,11-16H2,1H3,(H,28,29). The normalized spacial score (nSPS) is 14.3. The lowest BCUT2D eigenvalue weighted by atomic mass is 10.1. The third-order valence-electron chi connectivity index (χ3n) is 5.84. The maximum atomic E-state index is 12.2. The molecule has 3 heterocycles. The highest BCUT2D eigenvalue weighted by Crippen LogP contribution is 2.25. The van der Waals surface area contributed by atoms with Crippen LogP contribution in [0.1, 0.15) is 17.3 Å². The molecule has 0 spiro atoms. The Balaban J connectivity index is 1.36. The molecule has 0 saturated carbocycles. The van der Waals surface area contributed by atoms with Crippen molar-refractivity contribution < 1.29 is 14.3 Å². The second-order valence-corrected chi connectivity index (χ2v) is 8.18. The van der Waals surface area contributed by atoms with E-state index in [0.29, 0.717) is 23.8 Å². The molecule has 1 fully saturated rings. The third kappa shape index (κ3) is 4.93. The SMILES string of the molecule is CC(=O)c1ccc(-n2cnc3cc(OCCN4CCOCC4)ccc32)nc1Nc1ccccc1. The molecule has 174 valence electrons. The van der Waals surface area contributed by atoms with Crippen LogP contribution in [0.15, 0.2) is 67.0 Å². The van der Waals surface area contributed by atoms with Crippen molar-refractivity contribution in [2.45, 2.75) is 6.92 Å². The lowest BCUT2D eigenvalue weighted by molar-refractivity contribution is 0.0322. The van der Waals surface area contributed by atoms with E-state index < -0.39 is 0 Å². The van der Waals surface area contributed by atoms with E-state index >= 15 is 0 Å². The zero-order valence-electron chi connectivity index (χ0n) is 19.1. The molecule has 0 unspecified atom stereocenters. The number of para-hydroxylation sites is 1. The monoisotopic (exact) mass is 457 g/mol. The first kappa shape index (κ1) is 22.1. The van der Waals surface area contributed by atoms with Gasteiger partial charge in [-0.2, -0.15) is 0 Å². The molecule has 0 amide bonds. The van der Waals surface area contributed by atoms with Crippen LogP contribution >= 0.6 is 0 Å². The van der Waals surface area contributed by atoms with Crippen molar-refractivity contribution >= 4 is 28.3 Å². The average molecular weight is 458 g/mol. The van der Waals surface area contributed by atoms with Crippen molar-refractivity contribution in [3.63, 3.8) is 0 Å². The fourth-order valence-electron chi connectivity index (χ4n) is 4.00. The number of rotatable bonds is 8. The number of anilines is 2. The molecule has 2 aromatic heterocycles. The summed E-state index contributed by atoms with van der Waals surface area (Å²) in [4.78, 5) is 23.8. The number of carbonyl (C=O) groups is 1. The molecule has 1 aliphatic heterocycles. The molecular formula is C26H27N5O3. The predicted molar refractivity (Wildman–Crippen MR) is 131 cm³/mol. The van der Waals surface area contributed by atoms with Crippen LogP contribution in [0.5, 0.6) is 5.75 Å². The number of hydrogen-bond donors (Lipinski definition) is 1. The second kappa shape index (κ2) is 10.0. The highest BCUT2D eigenvalue weighted by atomic mass is 16.5. The Labute approximate surface area is 198 Å². The minimum absolute atomic E-state index is 0.0492. The summed E-state index contributed by atoms with van der Waals surface area (Å²) >= 11 is 0. The highest BCUT2D eigenvalue weighted by Gasteiger charge is 2.14. The molecule has 1 aliphatic rings. The number of morpholine rings is 1. The van der Waals surface area contributed by atoms with E-state index in [1.807, 2.05) is 59.2 Å². The van der Waals surface area contributed by atoms with Crippen molar-refractivity contribution in [2.75, 3.05) is 44.8 Å². The van der Waals surface area contributed by atoms with Crippen LogP contribution in [-0.2, 0) is 4.74 Å². The number of fused-ring (bicyclic) bond motifs is 1. The number of Topliss-reactive ketones (excluding diaryl/α,β-unsaturated/α-hetero) is 1. The van der Waals surface area contributed by atoms with Gasteiger partial charge in [0.25, 0.3) is 0 Å². The number of nitrogens with zero attached hydrogens (tertiary/aromatic N) is 4. The summed E-state index contributed by atoms with van der Waals surface area (Å²) < 4.78 is 13.3. The summed E-state index contributed by atoms with van der Waals surface area (Å²) in [6.07, 6.45) is 1.74. The number of imidazole rings is 1. The van der Waals surface area contributed by atoms with Crippen molar-refractivity contribution in [1.29, 1.82) is 0 Å². The zero-order chi connectivity index (χ0) is 23.3. The minimum Gasteiger partial charge on any atom is -0.492 e. The van der Waals surface area contributed by atoms with E-state index in [9.17, 15) is 4.79 Å². The van der Waals surface area contributed by atoms with Crippen molar-refractivity contribution in [2.24, 2.45) is 0 Å². The van der Waals surface area contributed by atoms with E-state index in [0.717, 1.165) is 55.3 Å². The van der Waals surface area contributed by atoms with Gasteiger partial charge in [-0.1, -0.05) is 18.2 Å². The Hall–Kier alpha value is -3.75. The van der Waals surface area contributed by atoms with Crippen LogP contribution in [0, 0.1) is 0 Å². The summed E-state index contributed by atoms with van der Waals surface area (Å²) in [6, 6.07) is 19.2. The molecule has 5 rings (SSSR count). The Morgan fingerprint density at radius 3 is 2.71 bits per heavy atom. The summed E-state index contributed by atoms with van der Waals surface area (Å²) in [5, 5.41) is 3.27. The van der Waals surface area contributed by atoms with Gasteiger partial charge < -0.3 is 14.8 Å². The quantitative estimate of drug-likeness (QED) is 0.399. The molecule has 1 saturated heterocycles. The van der Waals surface area contributed by atoms with Gasteiger partial charge in [0.2, 0.25) is 0 Å². The number of ether oxygens (including phenoxy) is 2. The molecule has 34 heavy (non-hydrogen) atoms. The van der Waals surface area contributed by atoms with Crippen molar-refractivity contribution in [1.82, 2.24) is 19.4 Å². The smallest absolute Gasteiger partial charge is 0.163 e. The van der Waals surface area contributed by atoms with Crippen LogP contribution in [0.4, 0.5) is 11.5 Å². The third-order valence-corrected chi connectivity index (χ3v) is 5.84. The first-order valence-corrected chi connectivity index (χ1v) is 11.4. The summed E-state index contributed by atoms with van der Waals surface area (Å²) in [7, 11) is 0. The van der Waals surface area contributed by atoms with Crippen molar-refractivity contribution in [3.8, 4) is 11.6 Å². The molecule has 8 nitrogen and oxygen atoms in total. The van der Waals surface area contributed by atoms with E-state index in [1.54, 1.807) is 19.3 Å². The molecular weight excluding hydrogens is 430 g/mol. The summed E-state index contributed by atoms with van der Waals surface area (Å²) in [5.74, 6) is 1.93. The Morgan fingerprint density at radius 1 is 1.09 bits per heavy atom. The van der Waals surface area contributed by atoms with E-state index in [-0.39, 0.29) is 5.78 Å². The molecule has 0 aliphatic carbocycles. The van der Waals surface area contributed by atoms with Gasteiger partial charge in [0.05, 0.1) is 29.8 Å². The van der Waals surface area contributed by atoms with E-state index in [4.69, 9.17) is 14.5 Å². The highest BCUT2D eigenvalue weighted by molar-refractivity contribution is 5.99. The fraction of sp³-hybridized carbons (Fsp3) is 0.269. The lowest BCUT2D eigenvalue weighted by Crippen LogP contribution is -2.38. The van der Waals surface area contributed by atoms with E-state index in [2.05, 4.69) is 15.2 Å². The lowest BCUT2D eigenvalue weighted by Gasteiger charge is -2.26. The number of hydrogen-bond acceptors (Lipinski definition) is 7. The van der Waals surface area contributed by atoms with E-state index in [1.165, 1.54) is 0 Å². The second-order valence-electron chi connectivity index (χ2n) is 8.18. The number of pyridine rings is 1. The zero-order valence-corrected chi connectivity index (χ0v) is 19.1. The molecule has 8 heteroatoms. The first-order chi connectivity index (χ1) is 16.7. The average Bonchev–Trinajstić information content (AvgIpc) is 3.28. The molecule has 0 bridgehead atoms. The number of aromatic nitrogens is 3. The topological polar surface area (TPSA) is 81.5 Å². The van der Waals surface area contributed by atoms with Gasteiger partial charge in [0.15, 0.2) is 5.78 Å². The predicted octanol–water partition coefficient (Wildman–Crippen LogP) is 4.08. The first-order valence-electron chi connectivity index (χ1n) is 11.4. The fourth-order valence-corrected chi connectivity index (χ4v) is 4.00. The molecule has 0 radical (unpaired) electrons. The number of benzene rings is 2. The van der Waals surface area contributed by atoms with Gasteiger partial charge >= 0.3 is 0 Å². The van der Waals surface area contributed by atoms with Gasteiger partial charge in [0.1, 0.15) is 30.3 Å². The number of nitrogens with one attached hydrogen (secondary N) is 1. The van der Waals surface area contributed by atoms with Gasteiger partial charge in [-0.05, 0) is 43.3 Å². The minimum atomic E-state index is -0.0492. The van der Waals surface area contributed by atoms with Gasteiger partial charge in [-0.3, -0.25) is 14.3 Å². The Morgan fingerprint density at radius 2 is 1.91 bits per heavy atom. The van der Waals surface area contributed by atoms with Crippen LogP contribution < -0.4 is 10.1 Å². The molecule has 2 aromatic carbocycles.